The molecule has 0 amide bonds. The van der Waals surface area contributed by atoms with E-state index in [-0.39, 0.29) is 0 Å². The lowest BCUT2D eigenvalue weighted by molar-refractivity contribution is 0.186. The molecule has 1 aromatic heterocycles. The van der Waals surface area contributed by atoms with Crippen LogP contribution in [0.5, 0.6) is 0 Å². The predicted octanol–water partition coefficient (Wildman–Crippen LogP) is 3.18. The van der Waals surface area contributed by atoms with Gasteiger partial charge in [-0.1, -0.05) is 12.1 Å². The van der Waals surface area contributed by atoms with Crippen LogP contribution >= 0.6 is 23.6 Å². The number of thiophene rings is 1. The van der Waals surface area contributed by atoms with Crippen molar-refractivity contribution in [1.29, 1.82) is 5.26 Å². The first kappa shape index (κ1) is 16.9. The van der Waals surface area contributed by atoms with Crippen LogP contribution in [0.2, 0.25) is 0 Å². The van der Waals surface area contributed by atoms with Crippen molar-refractivity contribution in [3.63, 3.8) is 0 Å². The molecule has 1 saturated heterocycles. The fourth-order valence-electron chi connectivity index (χ4n) is 2.77. The molecule has 0 unspecified atom stereocenters. The third-order valence-electron chi connectivity index (χ3n) is 4.16. The number of nitriles is 1. The molecule has 1 fully saturated rings. The SMILES string of the molecule is N#Cc1cccc(NC(=S)N2CCN(CCc3cccs3)CC2)c1. The molecule has 0 aliphatic carbocycles. The van der Waals surface area contributed by atoms with Crippen LogP contribution in [-0.4, -0.2) is 47.6 Å². The van der Waals surface area contributed by atoms with Crippen molar-refractivity contribution in [3.05, 3.63) is 52.2 Å². The zero-order chi connectivity index (χ0) is 16.8. The number of nitrogens with one attached hydrogen (secondary N) is 1. The maximum atomic E-state index is 8.97. The van der Waals surface area contributed by atoms with Crippen molar-refractivity contribution in [1.82, 2.24) is 9.80 Å². The highest BCUT2D eigenvalue weighted by Gasteiger charge is 2.18. The Balaban J connectivity index is 1.45. The van der Waals surface area contributed by atoms with Crippen molar-refractivity contribution in [2.45, 2.75) is 6.42 Å². The van der Waals surface area contributed by atoms with Gasteiger partial charge in [-0.15, -0.1) is 11.3 Å². The summed E-state index contributed by atoms with van der Waals surface area (Å²) in [6.45, 7) is 5.05. The number of anilines is 1. The summed E-state index contributed by atoms with van der Waals surface area (Å²) in [5.41, 5.74) is 1.51. The molecule has 2 heterocycles. The Morgan fingerprint density at radius 2 is 2.04 bits per heavy atom. The van der Waals surface area contributed by atoms with Crippen molar-refractivity contribution in [3.8, 4) is 6.07 Å². The topological polar surface area (TPSA) is 42.3 Å². The molecule has 6 heteroatoms. The Bertz CT molecular complexity index is 713. The molecule has 0 atom stereocenters. The first-order valence-corrected chi connectivity index (χ1v) is 9.34. The van der Waals surface area contributed by atoms with Crippen LogP contribution < -0.4 is 5.32 Å². The van der Waals surface area contributed by atoms with Crippen LogP contribution in [0.1, 0.15) is 10.4 Å². The van der Waals surface area contributed by atoms with Gasteiger partial charge in [-0.25, -0.2) is 0 Å². The van der Waals surface area contributed by atoms with Crippen LogP contribution in [0, 0.1) is 11.3 Å². The van der Waals surface area contributed by atoms with E-state index >= 15 is 0 Å². The van der Waals surface area contributed by atoms with E-state index in [1.165, 1.54) is 4.88 Å². The summed E-state index contributed by atoms with van der Waals surface area (Å²) >= 11 is 7.35. The molecular formula is C18H20N4S2. The highest BCUT2D eigenvalue weighted by atomic mass is 32.1. The quantitative estimate of drug-likeness (QED) is 0.852. The molecule has 1 aliphatic heterocycles. The van der Waals surface area contributed by atoms with Gasteiger partial charge in [-0.2, -0.15) is 5.26 Å². The summed E-state index contributed by atoms with van der Waals surface area (Å²) in [5.74, 6) is 0. The van der Waals surface area contributed by atoms with Gasteiger partial charge in [0.1, 0.15) is 0 Å². The van der Waals surface area contributed by atoms with Gasteiger partial charge in [0.05, 0.1) is 11.6 Å². The fraction of sp³-hybridized carbons (Fsp3) is 0.333. The van der Waals surface area contributed by atoms with E-state index in [1.807, 2.05) is 29.5 Å². The second-order valence-electron chi connectivity index (χ2n) is 5.78. The second kappa shape index (κ2) is 8.25. The second-order valence-corrected chi connectivity index (χ2v) is 7.20. The number of thiocarbonyl (C=S) groups is 1. The Hall–Kier alpha value is -1.94. The molecule has 1 aliphatic rings. The molecule has 24 heavy (non-hydrogen) atoms. The van der Waals surface area contributed by atoms with E-state index in [4.69, 9.17) is 17.5 Å². The third-order valence-corrected chi connectivity index (χ3v) is 5.45. The van der Waals surface area contributed by atoms with E-state index in [9.17, 15) is 0 Å². The lowest BCUT2D eigenvalue weighted by Gasteiger charge is -2.36. The van der Waals surface area contributed by atoms with Gasteiger partial charge in [0.2, 0.25) is 0 Å². The third kappa shape index (κ3) is 4.54. The Morgan fingerprint density at radius 1 is 1.21 bits per heavy atom. The summed E-state index contributed by atoms with van der Waals surface area (Å²) < 4.78 is 0. The standard InChI is InChI=1S/C18H20N4S2/c19-14-15-3-1-4-16(13-15)20-18(23)22-10-8-21(9-11-22)7-6-17-5-2-12-24-17/h1-5,12-13H,6-11H2,(H,20,23). The van der Waals surface area contributed by atoms with Crippen molar-refractivity contribution >= 4 is 34.4 Å². The number of nitrogens with zero attached hydrogens (tertiary/aromatic N) is 3. The zero-order valence-corrected chi connectivity index (χ0v) is 15.1. The Kier molecular flexibility index (Phi) is 5.81. The zero-order valence-electron chi connectivity index (χ0n) is 13.4. The number of benzene rings is 1. The van der Waals surface area contributed by atoms with E-state index in [0.29, 0.717) is 5.56 Å². The van der Waals surface area contributed by atoms with Crippen LogP contribution in [-0.2, 0) is 6.42 Å². The summed E-state index contributed by atoms with van der Waals surface area (Å²) in [6, 6.07) is 13.9. The number of rotatable bonds is 4. The maximum Gasteiger partial charge on any atom is 0.173 e. The van der Waals surface area contributed by atoms with Gasteiger partial charge in [-0.05, 0) is 48.3 Å². The minimum absolute atomic E-state index is 0.640. The molecule has 1 N–H and O–H groups in total. The molecule has 0 spiro atoms. The van der Waals surface area contributed by atoms with Gasteiger partial charge >= 0.3 is 0 Å². The summed E-state index contributed by atoms with van der Waals surface area (Å²) in [6.07, 6.45) is 1.13. The van der Waals surface area contributed by atoms with Crippen molar-refractivity contribution < 1.29 is 0 Å². The predicted molar refractivity (Wildman–Crippen MR) is 103 cm³/mol. The molecule has 124 valence electrons. The minimum atomic E-state index is 0.640. The first-order chi connectivity index (χ1) is 11.7. The molecule has 0 bridgehead atoms. The van der Waals surface area contributed by atoms with E-state index < -0.39 is 0 Å². The van der Waals surface area contributed by atoms with Crippen LogP contribution in [0.15, 0.2) is 41.8 Å². The monoisotopic (exact) mass is 356 g/mol. The number of hydrogen-bond acceptors (Lipinski definition) is 4. The summed E-state index contributed by atoms with van der Waals surface area (Å²) in [4.78, 5) is 6.15. The molecule has 4 nitrogen and oxygen atoms in total. The van der Waals surface area contributed by atoms with Crippen molar-refractivity contribution in [2.75, 3.05) is 38.0 Å². The van der Waals surface area contributed by atoms with Crippen molar-refractivity contribution in [2.24, 2.45) is 0 Å². The largest absolute Gasteiger partial charge is 0.346 e. The lowest BCUT2D eigenvalue weighted by Crippen LogP contribution is -2.50. The van der Waals surface area contributed by atoms with Gasteiger partial charge in [0, 0.05) is 43.3 Å². The molecular weight excluding hydrogens is 336 g/mol. The fourth-order valence-corrected chi connectivity index (χ4v) is 3.77. The molecule has 3 rings (SSSR count). The average molecular weight is 357 g/mol. The molecule has 0 radical (unpaired) electrons. The van der Waals surface area contributed by atoms with E-state index in [1.54, 1.807) is 6.07 Å². The summed E-state index contributed by atoms with van der Waals surface area (Å²) in [7, 11) is 0. The van der Waals surface area contributed by atoms with Crippen LogP contribution in [0.4, 0.5) is 5.69 Å². The summed E-state index contributed by atoms with van der Waals surface area (Å²) in [5, 5.41) is 15.1. The average Bonchev–Trinajstić information content (AvgIpc) is 3.14. The molecule has 2 aromatic rings. The van der Waals surface area contributed by atoms with Crippen LogP contribution in [0.25, 0.3) is 0 Å². The highest BCUT2D eigenvalue weighted by Crippen LogP contribution is 2.13. The molecule has 1 aromatic carbocycles. The Labute approximate surface area is 152 Å². The van der Waals surface area contributed by atoms with Gasteiger partial charge in [0.25, 0.3) is 0 Å². The normalized spacial score (nSPS) is 15.0. The van der Waals surface area contributed by atoms with Gasteiger partial charge in [-0.3, -0.25) is 4.90 Å². The highest BCUT2D eigenvalue weighted by molar-refractivity contribution is 7.80. The number of hydrogen-bond donors (Lipinski definition) is 1. The minimum Gasteiger partial charge on any atom is -0.346 e. The van der Waals surface area contributed by atoms with Crippen LogP contribution in [0.3, 0.4) is 0 Å². The number of piperazine rings is 1. The molecule has 0 saturated carbocycles. The smallest absolute Gasteiger partial charge is 0.173 e. The Morgan fingerprint density at radius 3 is 2.75 bits per heavy atom. The lowest BCUT2D eigenvalue weighted by atomic mass is 10.2. The van der Waals surface area contributed by atoms with E-state index in [2.05, 4.69) is 38.7 Å². The first-order valence-electron chi connectivity index (χ1n) is 8.05. The van der Waals surface area contributed by atoms with Gasteiger partial charge < -0.3 is 10.2 Å². The van der Waals surface area contributed by atoms with E-state index in [0.717, 1.165) is 49.9 Å². The maximum absolute atomic E-state index is 8.97. The van der Waals surface area contributed by atoms with Gasteiger partial charge in [0.15, 0.2) is 5.11 Å².